The molecule has 4 rings (SSSR count). The number of carbonyl (C=O) groups excluding carboxylic acids is 1. The summed E-state index contributed by atoms with van der Waals surface area (Å²) >= 11 is 0. The normalized spacial score (nSPS) is 13.5. The third kappa shape index (κ3) is 3.23. The summed E-state index contributed by atoms with van der Waals surface area (Å²) in [7, 11) is 0. The van der Waals surface area contributed by atoms with E-state index >= 15 is 0 Å². The first-order chi connectivity index (χ1) is 12.7. The number of amides is 2. The van der Waals surface area contributed by atoms with Crippen molar-refractivity contribution in [2.45, 2.75) is 6.54 Å². The Morgan fingerprint density at radius 2 is 2.08 bits per heavy atom. The number of nitrogens with zero attached hydrogens (tertiary/aromatic N) is 3. The van der Waals surface area contributed by atoms with Crippen molar-refractivity contribution in [2.24, 2.45) is 0 Å². The average molecular weight is 352 g/mol. The van der Waals surface area contributed by atoms with Crippen LogP contribution in [0.5, 0.6) is 5.75 Å². The van der Waals surface area contributed by atoms with Crippen LogP contribution < -0.4 is 10.1 Å². The Hall–Kier alpha value is -3.35. The van der Waals surface area contributed by atoms with Crippen LogP contribution in [0, 0.1) is 5.82 Å². The van der Waals surface area contributed by atoms with Gasteiger partial charge in [0.15, 0.2) is 0 Å². The number of benzene rings is 2. The molecule has 0 radical (unpaired) electrons. The van der Waals surface area contributed by atoms with Crippen LogP contribution in [0.4, 0.5) is 14.9 Å². The minimum Gasteiger partial charge on any atom is -0.491 e. The number of carbonyl (C=O) groups is 1. The van der Waals surface area contributed by atoms with Crippen LogP contribution in [0.3, 0.4) is 0 Å². The number of hydrogen-bond acceptors (Lipinski definition) is 3. The number of fused-ring (bicyclic) bond motifs is 1. The van der Waals surface area contributed by atoms with Gasteiger partial charge in [-0.15, -0.1) is 0 Å². The molecule has 26 heavy (non-hydrogen) atoms. The van der Waals surface area contributed by atoms with E-state index in [2.05, 4.69) is 10.4 Å². The molecule has 0 unspecified atom stereocenters. The molecule has 1 aliphatic rings. The second kappa shape index (κ2) is 6.87. The maximum Gasteiger partial charge on any atom is 0.322 e. The molecule has 7 heteroatoms. The van der Waals surface area contributed by atoms with Crippen LogP contribution in [0.1, 0.15) is 5.56 Å². The van der Waals surface area contributed by atoms with E-state index in [1.54, 1.807) is 21.8 Å². The molecule has 0 saturated heterocycles. The average Bonchev–Trinajstić information content (AvgIpc) is 3.09. The highest BCUT2D eigenvalue weighted by Gasteiger charge is 2.21. The largest absolute Gasteiger partial charge is 0.491 e. The quantitative estimate of drug-likeness (QED) is 0.769. The molecule has 0 saturated carbocycles. The summed E-state index contributed by atoms with van der Waals surface area (Å²) in [6, 6.07) is 13.3. The van der Waals surface area contributed by atoms with Gasteiger partial charge in [0.25, 0.3) is 0 Å². The lowest BCUT2D eigenvalue weighted by Crippen LogP contribution is -2.36. The van der Waals surface area contributed by atoms with Gasteiger partial charge in [-0.3, -0.25) is 0 Å². The SMILES string of the molecule is O=C(Nc1ccccc1-n1cccn1)N1CCOc2ccc(F)cc2C1. The molecule has 0 aliphatic carbocycles. The van der Waals surface area contributed by atoms with Gasteiger partial charge in [0.2, 0.25) is 0 Å². The second-order valence-electron chi connectivity index (χ2n) is 5.92. The number of hydrogen-bond donors (Lipinski definition) is 1. The maximum atomic E-state index is 13.5. The Balaban J connectivity index is 1.56. The van der Waals surface area contributed by atoms with Crippen molar-refractivity contribution in [3.8, 4) is 11.4 Å². The molecule has 0 fully saturated rings. The highest BCUT2D eigenvalue weighted by Crippen LogP contribution is 2.25. The first-order valence-corrected chi connectivity index (χ1v) is 8.27. The predicted octanol–water partition coefficient (Wildman–Crippen LogP) is 3.44. The molecule has 3 aromatic rings. The molecule has 1 aromatic heterocycles. The fourth-order valence-corrected chi connectivity index (χ4v) is 2.92. The van der Waals surface area contributed by atoms with E-state index < -0.39 is 0 Å². The molecule has 1 aliphatic heterocycles. The van der Waals surface area contributed by atoms with E-state index in [-0.39, 0.29) is 18.4 Å². The van der Waals surface area contributed by atoms with Gasteiger partial charge in [-0.25, -0.2) is 13.9 Å². The molecular formula is C19H17FN4O2. The standard InChI is InChI=1S/C19H17FN4O2/c20-15-6-7-18-14(12-15)13-23(10-11-26-18)19(25)22-16-4-1-2-5-17(16)24-9-3-8-21-24/h1-9,12H,10-11,13H2,(H,22,25). The van der Waals surface area contributed by atoms with Crippen molar-refractivity contribution >= 4 is 11.7 Å². The topological polar surface area (TPSA) is 59.4 Å². The summed E-state index contributed by atoms with van der Waals surface area (Å²) < 4.78 is 20.8. The van der Waals surface area contributed by atoms with Gasteiger partial charge in [-0.2, -0.15) is 5.10 Å². The molecule has 2 amide bonds. The van der Waals surface area contributed by atoms with Crippen LogP contribution in [0.25, 0.3) is 5.69 Å². The highest BCUT2D eigenvalue weighted by atomic mass is 19.1. The molecule has 0 bridgehead atoms. The van der Waals surface area contributed by atoms with E-state index in [0.717, 1.165) is 5.69 Å². The van der Waals surface area contributed by atoms with Crippen molar-refractivity contribution < 1.29 is 13.9 Å². The second-order valence-corrected chi connectivity index (χ2v) is 5.92. The number of aromatic nitrogens is 2. The maximum absolute atomic E-state index is 13.5. The van der Waals surface area contributed by atoms with Gasteiger partial charge < -0.3 is 15.0 Å². The Morgan fingerprint density at radius 1 is 1.19 bits per heavy atom. The Morgan fingerprint density at radius 3 is 2.92 bits per heavy atom. The Labute approximate surface area is 149 Å². The Bertz CT molecular complexity index is 927. The summed E-state index contributed by atoms with van der Waals surface area (Å²) in [4.78, 5) is 14.4. The van der Waals surface area contributed by atoms with Crippen LogP contribution >= 0.6 is 0 Å². The number of urea groups is 1. The number of ether oxygens (including phenoxy) is 1. The molecule has 2 heterocycles. The van der Waals surface area contributed by atoms with Gasteiger partial charge in [0.05, 0.1) is 24.5 Å². The first kappa shape index (κ1) is 16.1. The third-order valence-electron chi connectivity index (χ3n) is 4.19. The van der Waals surface area contributed by atoms with Crippen LogP contribution in [0.15, 0.2) is 60.9 Å². The van der Waals surface area contributed by atoms with E-state index in [4.69, 9.17) is 4.74 Å². The number of rotatable bonds is 2. The van der Waals surface area contributed by atoms with Crippen molar-refractivity contribution in [2.75, 3.05) is 18.5 Å². The van der Waals surface area contributed by atoms with E-state index in [0.29, 0.717) is 30.2 Å². The fraction of sp³-hybridized carbons (Fsp3) is 0.158. The minimum atomic E-state index is -0.348. The zero-order valence-corrected chi connectivity index (χ0v) is 13.9. The van der Waals surface area contributed by atoms with Gasteiger partial charge in [0.1, 0.15) is 18.2 Å². The molecule has 2 aromatic carbocycles. The lowest BCUT2D eigenvalue weighted by molar-refractivity contribution is 0.200. The summed E-state index contributed by atoms with van der Waals surface area (Å²) in [5.41, 5.74) is 2.06. The monoisotopic (exact) mass is 352 g/mol. The van der Waals surface area contributed by atoms with Gasteiger partial charge >= 0.3 is 6.03 Å². The van der Waals surface area contributed by atoms with Crippen LogP contribution in [-0.2, 0) is 6.54 Å². The molecule has 0 spiro atoms. The summed E-state index contributed by atoms with van der Waals surface area (Å²) in [5.74, 6) is 0.261. The third-order valence-corrected chi connectivity index (χ3v) is 4.19. The lowest BCUT2D eigenvalue weighted by Gasteiger charge is -2.21. The molecule has 1 N–H and O–H groups in total. The smallest absolute Gasteiger partial charge is 0.322 e. The van der Waals surface area contributed by atoms with Crippen LogP contribution in [0.2, 0.25) is 0 Å². The first-order valence-electron chi connectivity index (χ1n) is 8.27. The number of anilines is 1. The number of nitrogens with one attached hydrogen (secondary N) is 1. The summed E-state index contributed by atoms with van der Waals surface area (Å²) in [6.45, 7) is 1.04. The van der Waals surface area contributed by atoms with Crippen molar-refractivity contribution in [3.05, 3.63) is 72.3 Å². The van der Waals surface area contributed by atoms with Crippen LogP contribution in [-0.4, -0.2) is 33.9 Å². The van der Waals surface area contributed by atoms with Gasteiger partial charge in [-0.05, 0) is 36.4 Å². The fourth-order valence-electron chi connectivity index (χ4n) is 2.92. The molecular weight excluding hydrogens is 335 g/mol. The van der Waals surface area contributed by atoms with Gasteiger partial charge in [-0.1, -0.05) is 12.1 Å². The van der Waals surface area contributed by atoms with E-state index in [9.17, 15) is 9.18 Å². The molecule has 0 atom stereocenters. The number of halogens is 1. The van der Waals surface area contributed by atoms with Crippen molar-refractivity contribution in [1.82, 2.24) is 14.7 Å². The zero-order valence-electron chi connectivity index (χ0n) is 13.9. The van der Waals surface area contributed by atoms with E-state index in [1.165, 1.54) is 12.1 Å². The summed E-state index contributed by atoms with van der Waals surface area (Å²) in [6.07, 6.45) is 3.49. The van der Waals surface area contributed by atoms with Gasteiger partial charge in [0, 0.05) is 18.0 Å². The number of para-hydroxylation sites is 2. The van der Waals surface area contributed by atoms with Crippen molar-refractivity contribution in [1.29, 1.82) is 0 Å². The van der Waals surface area contributed by atoms with Crippen molar-refractivity contribution in [3.63, 3.8) is 0 Å². The van der Waals surface area contributed by atoms with E-state index in [1.807, 2.05) is 36.5 Å². The minimum absolute atomic E-state index is 0.273. The predicted molar refractivity (Wildman–Crippen MR) is 94.9 cm³/mol. The Kier molecular flexibility index (Phi) is 4.27. The molecule has 132 valence electrons. The zero-order chi connectivity index (χ0) is 17.9. The molecule has 6 nitrogen and oxygen atoms in total. The highest BCUT2D eigenvalue weighted by molar-refractivity contribution is 5.91. The lowest BCUT2D eigenvalue weighted by atomic mass is 10.2. The summed E-state index contributed by atoms with van der Waals surface area (Å²) in [5, 5.41) is 7.13.